The van der Waals surface area contributed by atoms with Gasteiger partial charge in [0.25, 0.3) is 11.8 Å². The largest absolute Gasteiger partial charge is 0.393 e. The fraction of sp³-hybridized carbons (Fsp3) is 0.344. The van der Waals surface area contributed by atoms with Gasteiger partial charge in [0, 0.05) is 67.2 Å². The van der Waals surface area contributed by atoms with Gasteiger partial charge in [0.2, 0.25) is 0 Å². The molecule has 3 heterocycles. The van der Waals surface area contributed by atoms with Crippen molar-refractivity contribution in [3.8, 4) is 5.69 Å². The van der Waals surface area contributed by atoms with Gasteiger partial charge in [-0.25, -0.2) is 4.68 Å². The second-order valence-corrected chi connectivity index (χ2v) is 10.8. The van der Waals surface area contributed by atoms with Crippen LogP contribution in [-0.4, -0.2) is 90.2 Å². The average molecular weight is 569 g/mol. The Balaban J connectivity index is 1.06. The molecule has 6 rings (SSSR count). The number of rotatable bonds is 8. The first kappa shape index (κ1) is 27.9. The highest BCUT2D eigenvalue weighted by atomic mass is 16.5. The maximum Gasteiger partial charge on any atom is 0.255 e. The second kappa shape index (κ2) is 12.7. The number of aliphatic hydroxyl groups is 1. The number of benzene rings is 3. The van der Waals surface area contributed by atoms with Crippen molar-refractivity contribution in [2.75, 3.05) is 62.7 Å². The molecule has 2 amide bonds. The van der Waals surface area contributed by atoms with Crippen LogP contribution in [0.25, 0.3) is 16.6 Å². The van der Waals surface area contributed by atoms with E-state index in [1.165, 1.54) is 0 Å². The van der Waals surface area contributed by atoms with E-state index >= 15 is 0 Å². The number of fused-ring (bicyclic) bond motifs is 1. The Kier molecular flexibility index (Phi) is 8.45. The third-order valence-corrected chi connectivity index (χ3v) is 7.98. The molecule has 2 fully saturated rings. The number of ether oxygens (including phenoxy) is 1. The molecule has 0 aliphatic carbocycles. The van der Waals surface area contributed by atoms with Crippen LogP contribution in [0.3, 0.4) is 0 Å². The lowest BCUT2D eigenvalue weighted by atomic mass is 10.1. The molecule has 0 atom stereocenters. The molecule has 10 heteroatoms. The van der Waals surface area contributed by atoms with Crippen LogP contribution in [-0.2, 0) is 4.74 Å². The summed E-state index contributed by atoms with van der Waals surface area (Å²) in [6, 6.07) is 20.7. The SMILES string of the molecule is O=C(NCCN1CCOCC1)c1ccc(-n2ncc3cc(NC(=O)c4ccc(N5CCC(O)CC5)cc4)ccc32)cc1. The average Bonchev–Trinajstić information content (AvgIpc) is 3.45. The fourth-order valence-electron chi connectivity index (χ4n) is 5.48. The lowest BCUT2D eigenvalue weighted by Gasteiger charge is -2.31. The maximum atomic E-state index is 12.9. The number of aromatic nitrogens is 2. The van der Waals surface area contributed by atoms with Crippen LogP contribution in [0.15, 0.2) is 72.9 Å². The van der Waals surface area contributed by atoms with Crippen LogP contribution in [0.4, 0.5) is 11.4 Å². The molecular formula is C32H36N6O4. The highest BCUT2D eigenvalue weighted by molar-refractivity contribution is 6.05. The molecular weight excluding hydrogens is 532 g/mol. The zero-order valence-corrected chi connectivity index (χ0v) is 23.5. The van der Waals surface area contributed by atoms with Crippen molar-refractivity contribution < 1.29 is 19.4 Å². The molecule has 0 unspecified atom stereocenters. The van der Waals surface area contributed by atoms with Crippen LogP contribution >= 0.6 is 0 Å². The highest BCUT2D eigenvalue weighted by Crippen LogP contribution is 2.24. The van der Waals surface area contributed by atoms with Crippen molar-refractivity contribution in [1.29, 1.82) is 0 Å². The van der Waals surface area contributed by atoms with Crippen LogP contribution in [0.5, 0.6) is 0 Å². The van der Waals surface area contributed by atoms with Crippen LogP contribution in [0, 0.1) is 0 Å². The first-order valence-electron chi connectivity index (χ1n) is 14.5. The van der Waals surface area contributed by atoms with Crippen molar-refractivity contribution in [3.05, 3.63) is 84.1 Å². The summed E-state index contributed by atoms with van der Waals surface area (Å²) in [7, 11) is 0. The molecule has 2 saturated heterocycles. The van der Waals surface area contributed by atoms with Crippen LogP contribution < -0.4 is 15.5 Å². The molecule has 0 bridgehead atoms. The number of nitrogens with one attached hydrogen (secondary N) is 2. The summed E-state index contributed by atoms with van der Waals surface area (Å²) < 4.78 is 7.18. The molecule has 0 saturated carbocycles. The van der Waals surface area contributed by atoms with E-state index in [1.54, 1.807) is 18.3 Å². The van der Waals surface area contributed by atoms with Crippen molar-refractivity contribution in [2.24, 2.45) is 0 Å². The number of hydrogen-bond donors (Lipinski definition) is 3. The Morgan fingerprint density at radius 2 is 1.52 bits per heavy atom. The van der Waals surface area contributed by atoms with E-state index in [4.69, 9.17) is 4.74 Å². The summed E-state index contributed by atoms with van der Waals surface area (Å²) in [6.07, 6.45) is 3.08. The van der Waals surface area contributed by atoms with Gasteiger partial charge in [-0.3, -0.25) is 14.5 Å². The fourth-order valence-corrected chi connectivity index (χ4v) is 5.48. The number of carbonyl (C=O) groups is 2. The number of aliphatic hydroxyl groups excluding tert-OH is 1. The molecule has 3 N–H and O–H groups in total. The van der Waals surface area contributed by atoms with Gasteiger partial charge in [0.15, 0.2) is 0 Å². The minimum absolute atomic E-state index is 0.0958. The van der Waals surface area contributed by atoms with Crippen molar-refractivity contribution in [3.63, 3.8) is 0 Å². The van der Waals surface area contributed by atoms with Gasteiger partial charge in [0.05, 0.1) is 36.7 Å². The predicted octanol–water partition coefficient (Wildman–Crippen LogP) is 3.30. The second-order valence-electron chi connectivity index (χ2n) is 10.8. The first-order chi connectivity index (χ1) is 20.5. The summed E-state index contributed by atoms with van der Waals surface area (Å²) in [5, 5.41) is 21.2. The van der Waals surface area contributed by atoms with E-state index in [-0.39, 0.29) is 17.9 Å². The number of carbonyl (C=O) groups excluding carboxylic acids is 2. The molecule has 3 aromatic carbocycles. The zero-order chi connectivity index (χ0) is 28.9. The van der Waals surface area contributed by atoms with Gasteiger partial charge in [-0.15, -0.1) is 0 Å². The smallest absolute Gasteiger partial charge is 0.255 e. The van der Waals surface area contributed by atoms with Gasteiger partial charge in [-0.1, -0.05) is 0 Å². The Morgan fingerprint density at radius 3 is 2.24 bits per heavy atom. The molecule has 4 aromatic rings. The Bertz CT molecular complexity index is 1520. The molecule has 1 aromatic heterocycles. The van der Waals surface area contributed by atoms with E-state index in [1.807, 2.05) is 59.3 Å². The quantitative estimate of drug-likeness (QED) is 0.299. The van der Waals surface area contributed by atoms with Gasteiger partial charge < -0.3 is 25.4 Å². The van der Waals surface area contributed by atoms with Crippen molar-refractivity contribution in [1.82, 2.24) is 20.0 Å². The van der Waals surface area contributed by atoms with Gasteiger partial charge in [0.1, 0.15) is 0 Å². The number of anilines is 2. The predicted molar refractivity (Wildman–Crippen MR) is 163 cm³/mol. The van der Waals surface area contributed by atoms with Crippen molar-refractivity contribution >= 4 is 34.1 Å². The summed E-state index contributed by atoms with van der Waals surface area (Å²) in [4.78, 5) is 30.0. The molecule has 0 spiro atoms. The Morgan fingerprint density at radius 1 is 0.857 bits per heavy atom. The normalized spacial score (nSPS) is 16.5. The standard InChI is InChI=1S/C32H36N6O4/c39-29-11-14-37(15-12-29)27-6-1-24(2-7-27)32(41)35-26-5-10-30-25(21-26)22-34-38(30)28-8-3-23(4-9-28)31(40)33-13-16-36-17-19-42-20-18-36/h1-10,21-22,29,39H,11-20H2,(H,33,40)(H,35,41). The van der Waals surface area contributed by atoms with Crippen molar-refractivity contribution in [2.45, 2.75) is 18.9 Å². The number of nitrogens with zero attached hydrogens (tertiary/aromatic N) is 4. The van der Waals surface area contributed by atoms with E-state index in [9.17, 15) is 14.7 Å². The van der Waals surface area contributed by atoms with E-state index in [2.05, 4.69) is 25.5 Å². The molecule has 2 aliphatic rings. The Labute approximate surface area is 244 Å². The highest BCUT2D eigenvalue weighted by Gasteiger charge is 2.18. The monoisotopic (exact) mass is 568 g/mol. The van der Waals surface area contributed by atoms with E-state index < -0.39 is 0 Å². The maximum absolute atomic E-state index is 12.9. The molecule has 42 heavy (non-hydrogen) atoms. The summed E-state index contributed by atoms with van der Waals surface area (Å²) in [5.74, 6) is -0.275. The summed E-state index contributed by atoms with van der Waals surface area (Å²) in [5.41, 5.74) is 4.67. The lowest BCUT2D eigenvalue weighted by Crippen LogP contribution is -2.41. The van der Waals surface area contributed by atoms with E-state index in [0.717, 1.165) is 81.1 Å². The van der Waals surface area contributed by atoms with Crippen LogP contribution in [0.2, 0.25) is 0 Å². The van der Waals surface area contributed by atoms with E-state index in [0.29, 0.717) is 23.4 Å². The lowest BCUT2D eigenvalue weighted by molar-refractivity contribution is 0.0383. The molecule has 218 valence electrons. The minimum atomic E-state index is -0.217. The van der Waals surface area contributed by atoms with Gasteiger partial charge >= 0.3 is 0 Å². The minimum Gasteiger partial charge on any atom is -0.393 e. The summed E-state index contributed by atoms with van der Waals surface area (Å²) >= 11 is 0. The van der Waals surface area contributed by atoms with Crippen LogP contribution in [0.1, 0.15) is 33.6 Å². The third-order valence-electron chi connectivity index (χ3n) is 7.98. The molecule has 10 nitrogen and oxygen atoms in total. The molecule has 2 aliphatic heterocycles. The van der Waals surface area contributed by atoms with Gasteiger partial charge in [-0.2, -0.15) is 5.10 Å². The number of piperidine rings is 1. The Hall–Kier alpha value is -4.25. The topological polar surface area (TPSA) is 112 Å². The first-order valence-corrected chi connectivity index (χ1v) is 14.5. The summed E-state index contributed by atoms with van der Waals surface area (Å²) in [6.45, 7) is 6.33. The third kappa shape index (κ3) is 6.46. The van der Waals surface area contributed by atoms with Gasteiger partial charge in [-0.05, 0) is 79.6 Å². The number of morpholine rings is 1. The number of amides is 2. The molecule has 0 radical (unpaired) electrons. The zero-order valence-electron chi connectivity index (χ0n) is 23.5. The number of hydrogen-bond acceptors (Lipinski definition) is 7.